The number of ether oxygens (including phenoxy) is 1. The van der Waals surface area contributed by atoms with Gasteiger partial charge in [-0.25, -0.2) is 0 Å². The van der Waals surface area contributed by atoms with Crippen LogP contribution in [0.5, 0.6) is 5.75 Å². The third-order valence-corrected chi connectivity index (χ3v) is 4.52. The van der Waals surface area contributed by atoms with Gasteiger partial charge in [0, 0.05) is 16.8 Å². The summed E-state index contributed by atoms with van der Waals surface area (Å²) in [6.07, 6.45) is 1.76. The van der Waals surface area contributed by atoms with E-state index < -0.39 is 0 Å². The first kappa shape index (κ1) is 14.6. The van der Waals surface area contributed by atoms with Crippen molar-refractivity contribution in [1.29, 1.82) is 0 Å². The molecule has 2 aromatic rings. The van der Waals surface area contributed by atoms with Gasteiger partial charge in [0.1, 0.15) is 5.75 Å². The predicted octanol–water partition coefficient (Wildman–Crippen LogP) is 4.01. The van der Waals surface area contributed by atoms with Gasteiger partial charge in [-0.15, -0.1) is 0 Å². The van der Waals surface area contributed by atoms with Gasteiger partial charge in [0.2, 0.25) is 0 Å². The van der Waals surface area contributed by atoms with E-state index in [1.165, 1.54) is 22.3 Å². The lowest BCUT2D eigenvalue weighted by Crippen LogP contribution is -2.08. The minimum atomic E-state index is 0.105. The third-order valence-electron chi connectivity index (χ3n) is 4.06. The third kappa shape index (κ3) is 3.14. The topological polar surface area (TPSA) is 29.5 Å². The highest BCUT2D eigenvalue weighted by Gasteiger charge is 2.20. The summed E-state index contributed by atoms with van der Waals surface area (Å²) in [6.45, 7) is 2.98. The molecule has 0 bridgehead atoms. The monoisotopic (exact) mass is 346 g/mol. The van der Waals surface area contributed by atoms with Crippen LogP contribution in [0.25, 0.3) is 0 Å². The molecule has 0 aliphatic carbocycles. The van der Waals surface area contributed by atoms with E-state index in [9.17, 15) is 5.11 Å². The summed E-state index contributed by atoms with van der Waals surface area (Å²) in [5.74, 6) is 1.12. The van der Waals surface area contributed by atoms with E-state index in [0.29, 0.717) is 0 Å². The minimum absolute atomic E-state index is 0.105. The number of aliphatic hydroxyl groups excluding tert-OH is 1. The van der Waals surface area contributed by atoms with E-state index in [-0.39, 0.29) is 12.5 Å². The Morgan fingerprint density at radius 1 is 1.24 bits per heavy atom. The van der Waals surface area contributed by atoms with Gasteiger partial charge in [-0.3, -0.25) is 0 Å². The maximum atomic E-state index is 9.78. The smallest absolute Gasteiger partial charge is 0.125 e. The van der Waals surface area contributed by atoms with Crippen molar-refractivity contribution in [3.63, 3.8) is 0 Å². The number of benzene rings is 2. The number of aryl methyl sites for hydroxylation is 1. The van der Waals surface area contributed by atoms with Crippen molar-refractivity contribution in [2.24, 2.45) is 0 Å². The van der Waals surface area contributed by atoms with Crippen LogP contribution in [0.3, 0.4) is 0 Å². The molecule has 0 saturated heterocycles. The molecule has 2 nitrogen and oxygen atoms in total. The Balaban J connectivity index is 1.89. The summed E-state index contributed by atoms with van der Waals surface area (Å²) in [4.78, 5) is 0. The average Bonchev–Trinajstić information content (AvgIpc) is 2.94. The fourth-order valence-electron chi connectivity index (χ4n) is 2.89. The lowest BCUT2D eigenvalue weighted by Gasteiger charge is -2.17. The molecule has 0 radical (unpaired) electrons. The molecule has 1 aliphatic rings. The highest BCUT2D eigenvalue weighted by molar-refractivity contribution is 9.10. The first-order chi connectivity index (χ1) is 10.2. The largest absolute Gasteiger partial charge is 0.493 e. The lowest BCUT2D eigenvalue weighted by atomic mass is 9.91. The molecule has 110 valence electrons. The molecule has 3 heteroatoms. The molecule has 1 N–H and O–H groups in total. The van der Waals surface area contributed by atoms with Crippen molar-refractivity contribution < 1.29 is 9.84 Å². The Bertz CT molecular complexity index is 634. The van der Waals surface area contributed by atoms with Crippen LogP contribution in [0, 0.1) is 6.92 Å². The van der Waals surface area contributed by atoms with Crippen LogP contribution in [0.4, 0.5) is 0 Å². The Kier molecular flexibility index (Phi) is 4.32. The molecular formula is C18H19BrO2. The van der Waals surface area contributed by atoms with Crippen LogP contribution in [-0.2, 0) is 12.8 Å². The van der Waals surface area contributed by atoms with Crippen molar-refractivity contribution >= 4 is 15.9 Å². The second-order valence-electron chi connectivity index (χ2n) is 5.65. The highest BCUT2D eigenvalue weighted by atomic mass is 79.9. The average molecular weight is 347 g/mol. The molecule has 1 atom stereocenters. The molecule has 0 spiro atoms. The van der Waals surface area contributed by atoms with E-state index >= 15 is 0 Å². The van der Waals surface area contributed by atoms with E-state index in [4.69, 9.17) is 4.74 Å². The summed E-state index contributed by atoms with van der Waals surface area (Å²) < 4.78 is 6.87. The summed E-state index contributed by atoms with van der Waals surface area (Å²) >= 11 is 3.58. The van der Waals surface area contributed by atoms with Crippen LogP contribution in [-0.4, -0.2) is 18.3 Å². The minimum Gasteiger partial charge on any atom is -0.493 e. The van der Waals surface area contributed by atoms with Crippen molar-refractivity contribution in [3.05, 3.63) is 63.1 Å². The first-order valence-electron chi connectivity index (χ1n) is 7.29. The van der Waals surface area contributed by atoms with Gasteiger partial charge in [0.15, 0.2) is 0 Å². The van der Waals surface area contributed by atoms with E-state index in [2.05, 4.69) is 59.3 Å². The van der Waals surface area contributed by atoms with E-state index in [1.807, 2.05) is 0 Å². The van der Waals surface area contributed by atoms with Crippen LogP contribution in [0.1, 0.15) is 28.2 Å². The first-order valence-corrected chi connectivity index (χ1v) is 8.08. The lowest BCUT2D eigenvalue weighted by molar-refractivity contribution is 0.263. The van der Waals surface area contributed by atoms with Gasteiger partial charge in [-0.1, -0.05) is 45.8 Å². The second-order valence-corrected chi connectivity index (χ2v) is 6.56. The van der Waals surface area contributed by atoms with Gasteiger partial charge in [0.05, 0.1) is 13.2 Å². The van der Waals surface area contributed by atoms with Crippen LogP contribution in [0.15, 0.2) is 40.9 Å². The molecule has 0 aromatic heterocycles. The Hall–Kier alpha value is -1.32. The number of halogens is 1. The molecule has 0 amide bonds. The maximum absolute atomic E-state index is 9.78. The zero-order chi connectivity index (χ0) is 14.8. The van der Waals surface area contributed by atoms with Crippen LogP contribution >= 0.6 is 15.9 Å². The molecule has 2 aromatic carbocycles. The molecular weight excluding hydrogens is 328 g/mol. The van der Waals surface area contributed by atoms with Crippen molar-refractivity contribution in [2.75, 3.05) is 13.2 Å². The fraction of sp³-hybridized carbons (Fsp3) is 0.333. The molecule has 0 fully saturated rings. The van der Waals surface area contributed by atoms with Crippen LogP contribution in [0.2, 0.25) is 0 Å². The molecule has 0 saturated carbocycles. The number of fused-ring (bicyclic) bond motifs is 1. The normalized spacial score (nSPS) is 14.6. The van der Waals surface area contributed by atoms with Crippen molar-refractivity contribution in [3.8, 4) is 5.75 Å². The fourth-order valence-corrected chi connectivity index (χ4v) is 3.44. The number of aliphatic hydroxyl groups is 1. The predicted molar refractivity (Wildman–Crippen MR) is 88.1 cm³/mol. The molecule has 21 heavy (non-hydrogen) atoms. The van der Waals surface area contributed by atoms with Gasteiger partial charge in [0.25, 0.3) is 0 Å². The van der Waals surface area contributed by atoms with Gasteiger partial charge in [-0.05, 0) is 42.2 Å². The van der Waals surface area contributed by atoms with Gasteiger partial charge < -0.3 is 9.84 Å². The summed E-state index contributed by atoms with van der Waals surface area (Å²) in [5, 5.41) is 9.78. The maximum Gasteiger partial charge on any atom is 0.125 e. The Labute approximate surface area is 133 Å². The standard InChI is InChI=1S/C18H19BrO2/c1-12-2-4-13(5-3-12)16(11-20)8-15-10-17(19)9-14-6-7-21-18(14)15/h2-5,9-10,16,20H,6-8,11H2,1H3. The highest BCUT2D eigenvalue weighted by Crippen LogP contribution is 2.35. The van der Waals surface area contributed by atoms with Crippen molar-refractivity contribution in [2.45, 2.75) is 25.7 Å². The van der Waals surface area contributed by atoms with E-state index in [1.54, 1.807) is 0 Å². The Morgan fingerprint density at radius 2 is 2.00 bits per heavy atom. The zero-order valence-corrected chi connectivity index (χ0v) is 13.7. The summed E-state index contributed by atoms with van der Waals surface area (Å²) in [7, 11) is 0. The zero-order valence-electron chi connectivity index (χ0n) is 12.1. The SMILES string of the molecule is Cc1ccc(C(CO)Cc2cc(Br)cc3c2OCC3)cc1. The van der Waals surface area contributed by atoms with Gasteiger partial charge in [-0.2, -0.15) is 0 Å². The molecule has 1 unspecified atom stereocenters. The molecule has 1 aliphatic heterocycles. The number of hydrogen-bond donors (Lipinski definition) is 1. The second kappa shape index (κ2) is 6.20. The summed E-state index contributed by atoms with van der Waals surface area (Å²) in [5.41, 5.74) is 4.86. The van der Waals surface area contributed by atoms with Crippen molar-refractivity contribution in [1.82, 2.24) is 0 Å². The van der Waals surface area contributed by atoms with E-state index in [0.717, 1.165) is 29.7 Å². The molecule has 1 heterocycles. The Morgan fingerprint density at radius 3 is 2.71 bits per heavy atom. The molecule has 3 rings (SSSR count). The summed E-state index contributed by atoms with van der Waals surface area (Å²) in [6, 6.07) is 12.6. The van der Waals surface area contributed by atoms with Gasteiger partial charge >= 0.3 is 0 Å². The van der Waals surface area contributed by atoms with Crippen LogP contribution < -0.4 is 4.74 Å². The quantitative estimate of drug-likeness (QED) is 0.906. The number of rotatable bonds is 4. The number of hydrogen-bond acceptors (Lipinski definition) is 2.